The number of esters is 1. The molecule has 1 saturated heterocycles. The number of carbonyl (C=O) groups excluding carboxylic acids is 2. The average Bonchev–Trinajstić information content (AvgIpc) is 2.90. The Labute approximate surface area is 139 Å². The summed E-state index contributed by atoms with van der Waals surface area (Å²) in [5.74, 6) is -2.76. The summed E-state index contributed by atoms with van der Waals surface area (Å²) in [7, 11) is -4.74. The van der Waals surface area contributed by atoms with E-state index >= 15 is 0 Å². The van der Waals surface area contributed by atoms with Crippen molar-refractivity contribution in [3.63, 3.8) is 0 Å². The molecule has 24 heavy (non-hydrogen) atoms. The highest BCUT2D eigenvalue weighted by Gasteiger charge is 2.55. The second kappa shape index (κ2) is 5.76. The SMILES string of the molecule is CC1=C2C(=O)C=C(CO)C2[C@H]2OC(=O)C(C)C2[C@@H](OS(=O)(=O)O)C1. The monoisotopic (exact) mass is 358 g/mol. The normalized spacial score (nSPS) is 36.2. The lowest BCUT2D eigenvalue weighted by Gasteiger charge is -2.28. The maximum absolute atomic E-state index is 12.3. The first-order valence-corrected chi connectivity index (χ1v) is 8.92. The van der Waals surface area contributed by atoms with E-state index in [2.05, 4.69) is 0 Å². The van der Waals surface area contributed by atoms with Gasteiger partial charge in [-0.1, -0.05) is 12.5 Å². The van der Waals surface area contributed by atoms with Gasteiger partial charge in [0.1, 0.15) is 6.10 Å². The van der Waals surface area contributed by atoms with Gasteiger partial charge in [0.15, 0.2) is 5.78 Å². The third-order valence-electron chi connectivity index (χ3n) is 5.03. The lowest BCUT2D eigenvalue weighted by molar-refractivity contribution is -0.145. The zero-order chi connectivity index (χ0) is 17.8. The molecule has 2 aliphatic carbocycles. The topological polar surface area (TPSA) is 127 Å². The van der Waals surface area contributed by atoms with Crippen molar-refractivity contribution in [2.45, 2.75) is 32.5 Å². The Bertz CT molecular complexity index is 762. The number of fused-ring (bicyclic) bond motifs is 3. The molecule has 3 rings (SSSR count). The molecule has 8 nitrogen and oxygen atoms in total. The number of ketones is 1. The van der Waals surface area contributed by atoms with E-state index in [4.69, 9.17) is 13.5 Å². The van der Waals surface area contributed by atoms with Gasteiger partial charge in [0, 0.05) is 17.4 Å². The van der Waals surface area contributed by atoms with Crippen LogP contribution in [-0.4, -0.2) is 48.6 Å². The van der Waals surface area contributed by atoms with Gasteiger partial charge in [0.25, 0.3) is 0 Å². The first-order chi connectivity index (χ1) is 11.1. The Hall–Kier alpha value is -1.55. The zero-order valence-electron chi connectivity index (χ0n) is 13.1. The van der Waals surface area contributed by atoms with Gasteiger partial charge in [0.05, 0.1) is 18.6 Å². The summed E-state index contributed by atoms with van der Waals surface area (Å²) < 4.78 is 41.7. The van der Waals surface area contributed by atoms with E-state index < -0.39 is 46.3 Å². The molecule has 0 radical (unpaired) electrons. The van der Waals surface area contributed by atoms with E-state index in [9.17, 15) is 23.1 Å². The minimum atomic E-state index is -4.74. The molecule has 3 aliphatic rings. The van der Waals surface area contributed by atoms with Gasteiger partial charge in [-0.15, -0.1) is 0 Å². The number of aliphatic hydroxyl groups excluding tert-OH is 1. The van der Waals surface area contributed by atoms with Crippen LogP contribution in [0.1, 0.15) is 20.3 Å². The predicted octanol–water partition coefficient (Wildman–Crippen LogP) is 0.190. The van der Waals surface area contributed by atoms with Crippen LogP contribution < -0.4 is 0 Å². The second-order valence-corrected chi connectivity index (χ2v) is 7.50. The number of hydrogen-bond acceptors (Lipinski definition) is 7. The Morgan fingerprint density at radius 3 is 2.62 bits per heavy atom. The quantitative estimate of drug-likeness (QED) is 0.541. The van der Waals surface area contributed by atoms with Crippen LogP contribution in [0, 0.1) is 17.8 Å². The highest BCUT2D eigenvalue weighted by Crippen LogP contribution is 2.48. The fourth-order valence-electron chi connectivity index (χ4n) is 4.06. The highest BCUT2D eigenvalue weighted by molar-refractivity contribution is 7.80. The fraction of sp³-hybridized carbons (Fsp3) is 0.600. The zero-order valence-corrected chi connectivity index (χ0v) is 13.9. The molecule has 0 spiro atoms. The first kappa shape index (κ1) is 17.3. The van der Waals surface area contributed by atoms with Crippen LogP contribution in [-0.2, 0) is 28.9 Å². The number of carbonyl (C=O) groups is 2. The molecule has 132 valence electrons. The third-order valence-corrected chi connectivity index (χ3v) is 5.52. The molecular weight excluding hydrogens is 340 g/mol. The first-order valence-electron chi connectivity index (χ1n) is 7.55. The van der Waals surface area contributed by atoms with E-state index in [1.165, 1.54) is 6.08 Å². The van der Waals surface area contributed by atoms with Crippen molar-refractivity contribution < 1.29 is 36.6 Å². The van der Waals surface area contributed by atoms with Crippen LogP contribution in [0.4, 0.5) is 0 Å². The number of ether oxygens (including phenoxy) is 1. The Kier molecular flexibility index (Phi) is 4.15. The van der Waals surface area contributed by atoms with Gasteiger partial charge in [-0.2, -0.15) is 8.42 Å². The molecule has 0 saturated carbocycles. The molecule has 5 atom stereocenters. The predicted molar refractivity (Wildman–Crippen MR) is 79.9 cm³/mol. The van der Waals surface area contributed by atoms with E-state index in [1.54, 1.807) is 13.8 Å². The summed E-state index contributed by atoms with van der Waals surface area (Å²) in [5.41, 5.74) is 1.42. The third kappa shape index (κ3) is 2.71. The van der Waals surface area contributed by atoms with Crippen LogP contribution in [0.15, 0.2) is 22.8 Å². The van der Waals surface area contributed by atoms with E-state index in [1.807, 2.05) is 0 Å². The van der Waals surface area contributed by atoms with Gasteiger partial charge >= 0.3 is 16.4 Å². The molecule has 0 aromatic heterocycles. The molecule has 2 N–H and O–H groups in total. The van der Waals surface area contributed by atoms with Crippen LogP contribution >= 0.6 is 0 Å². The van der Waals surface area contributed by atoms with Gasteiger partial charge in [0.2, 0.25) is 0 Å². The molecular formula is C15H18O8S. The van der Waals surface area contributed by atoms with Gasteiger partial charge in [-0.05, 0) is 25.0 Å². The van der Waals surface area contributed by atoms with Crippen LogP contribution in [0.3, 0.4) is 0 Å². The average molecular weight is 358 g/mol. The van der Waals surface area contributed by atoms with Crippen LogP contribution in [0.5, 0.6) is 0 Å². The lowest BCUT2D eigenvalue weighted by Crippen LogP contribution is -2.38. The molecule has 0 amide bonds. The van der Waals surface area contributed by atoms with E-state index in [-0.39, 0.29) is 18.8 Å². The summed E-state index contributed by atoms with van der Waals surface area (Å²) in [6.45, 7) is 2.89. The van der Waals surface area contributed by atoms with E-state index in [0.29, 0.717) is 16.7 Å². The van der Waals surface area contributed by atoms with Crippen molar-refractivity contribution in [2.75, 3.05) is 6.61 Å². The summed E-state index contributed by atoms with van der Waals surface area (Å²) in [4.78, 5) is 24.3. The molecule has 9 heteroatoms. The van der Waals surface area contributed by atoms with Crippen LogP contribution in [0.25, 0.3) is 0 Å². The molecule has 1 heterocycles. The molecule has 0 aromatic rings. The molecule has 0 aromatic carbocycles. The summed E-state index contributed by atoms with van der Waals surface area (Å²) in [6.07, 6.45) is -0.457. The van der Waals surface area contributed by atoms with Gasteiger partial charge < -0.3 is 9.84 Å². The number of aliphatic hydroxyl groups is 1. The largest absolute Gasteiger partial charge is 0.461 e. The Morgan fingerprint density at radius 1 is 1.38 bits per heavy atom. The van der Waals surface area contributed by atoms with Gasteiger partial charge in [-0.3, -0.25) is 14.1 Å². The summed E-state index contributed by atoms with van der Waals surface area (Å²) in [6, 6.07) is 0. The second-order valence-electron chi connectivity index (χ2n) is 6.45. The molecule has 3 unspecified atom stereocenters. The smallest absolute Gasteiger partial charge is 0.397 e. The van der Waals surface area contributed by atoms with Crippen molar-refractivity contribution in [1.29, 1.82) is 0 Å². The Morgan fingerprint density at radius 2 is 2.04 bits per heavy atom. The fourth-order valence-corrected chi connectivity index (χ4v) is 4.57. The number of rotatable bonds is 3. The number of hydrogen-bond donors (Lipinski definition) is 2. The van der Waals surface area contributed by atoms with Crippen LogP contribution in [0.2, 0.25) is 0 Å². The maximum atomic E-state index is 12.3. The Balaban J connectivity index is 2.11. The minimum Gasteiger partial charge on any atom is -0.461 e. The summed E-state index contributed by atoms with van der Waals surface area (Å²) >= 11 is 0. The van der Waals surface area contributed by atoms with Crippen molar-refractivity contribution in [3.05, 3.63) is 22.8 Å². The molecule has 1 fully saturated rings. The molecule has 1 aliphatic heterocycles. The summed E-state index contributed by atoms with van der Waals surface area (Å²) in [5, 5.41) is 9.55. The van der Waals surface area contributed by atoms with Crippen molar-refractivity contribution in [1.82, 2.24) is 0 Å². The maximum Gasteiger partial charge on any atom is 0.397 e. The standard InChI is InChI=1S/C15H18O8S/c1-6-3-10(23-24(19,20)21)12-7(2)15(18)22-14(12)13-8(5-16)4-9(17)11(6)13/h4,7,10,12-14,16H,3,5H2,1-2H3,(H,19,20,21)/t7?,10-,12?,13?,14-/m0/s1. The highest BCUT2D eigenvalue weighted by atomic mass is 32.3. The van der Waals surface area contributed by atoms with Gasteiger partial charge in [-0.25, -0.2) is 4.18 Å². The minimum absolute atomic E-state index is 0.0616. The molecule has 0 bridgehead atoms. The van der Waals surface area contributed by atoms with E-state index in [0.717, 1.165) is 0 Å². The van der Waals surface area contributed by atoms with Crippen molar-refractivity contribution >= 4 is 22.2 Å². The lowest BCUT2D eigenvalue weighted by atomic mass is 9.79. The van der Waals surface area contributed by atoms with Crippen molar-refractivity contribution in [2.24, 2.45) is 17.8 Å². The number of allylic oxidation sites excluding steroid dienone is 1. The van der Waals surface area contributed by atoms with Crippen molar-refractivity contribution in [3.8, 4) is 0 Å².